The van der Waals surface area contributed by atoms with Gasteiger partial charge >= 0.3 is 0 Å². The molecule has 0 N–H and O–H groups in total. The molecule has 2 aliphatic heterocycles. The van der Waals surface area contributed by atoms with E-state index in [2.05, 4.69) is 66.5 Å². The number of benzene rings is 2. The molecule has 108 valence electrons. The van der Waals surface area contributed by atoms with E-state index >= 15 is 0 Å². The average Bonchev–Trinajstić information content (AvgIpc) is 2.75. The predicted octanol–water partition coefficient (Wildman–Crippen LogP) is 4.83. The summed E-state index contributed by atoms with van der Waals surface area (Å²) in [4.78, 5) is 2.66. The molecule has 1 nitrogen and oxygen atoms in total. The minimum Gasteiger partial charge on any atom is -0.294 e. The number of nitrogens with zero attached hydrogens (tertiary/aromatic N) is 1. The van der Waals surface area contributed by atoms with Crippen LogP contribution in [0.4, 0.5) is 0 Å². The Balaban J connectivity index is 1.68. The Kier molecular flexibility index (Phi) is 3.11. The predicted molar refractivity (Wildman–Crippen MR) is 88.2 cm³/mol. The van der Waals surface area contributed by atoms with Crippen molar-refractivity contribution in [3.8, 4) is 11.1 Å². The molecule has 2 saturated heterocycles. The molecule has 0 radical (unpaired) electrons. The van der Waals surface area contributed by atoms with Crippen LogP contribution in [-0.4, -0.2) is 18.0 Å². The van der Waals surface area contributed by atoms with Crippen LogP contribution in [0.2, 0.25) is 0 Å². The van der Waals surface area contributed by atoms with Gasteiger partial charge in [0, 0.05) is 11.6 Å². The standard InChI is InChI=1S/C20H23N/c1-21-19-8-5-14-20(21,15-13-19)18-11-9-17(10-12-18)16-6-3-2-4-7-16/h2-4,6-7,9-12,19H,5,8,13-15H2,1H3/t19-,20+/m1/s1. The van der Waals surface area contributed by atoms with Crippen molar-refractivity contribution in [1.29, 1.82) is 0 Å². The van der Waals surface area contributed by atoms with E-state index in [0.29, 0.717) is 5.54 Å². The van der Waals surface area contributed by atoms with Crippen LogP contribution in [0.25, 0.3) is 11.1 Å². The van der Waals surface area contributed by atoms with Gasteiger partial charge < -0.3 is 0 Å². The summed E-state index contributed by atoms with van der Waals surface area (Å²) in [6.07, 6.45) is 6.80. The first-order valence-corrected chi connectivity index (χ1v) is 8.18. The van der Waals surface area contributed by atoms with Crippen LogP contribution >= 0.6 is 0 Å². The normalized spacial score (nSPS) is 28.7. The number of hydrogen-bond donors (Lipinski definition) is 0. The van der Waals surface area contributed by atoms with Crippen LogP contribution in [0.5, 0.6) is 0 Å². The molecule has 0 spiro atoms. The van der Waals surface area contributed by atoms with E-state index in [-0.39, 0.29) is 0 Å². The lowest BCUT2D eigenvalue weighted by Gasteiger charge is -2.43. The summed E-state index contributed by atoms with van der Waals surface area (Å²) < 4.78 is 0. The summed E-state index contributed by atoms with van der Waals surface area (Å²) in [5, 5.41) is 0. The molecule has 2 aliphatic rings. The summed E-state index contributed by atoms with van der Waals surface area (Å²) in [5.74, 6) is 0. The van der Waals surface area contributed by atoms with Crippen molar-refractivity contribution in [3.63, 3.8) is 0 Å². The lowest BCUT2D eigenvalue weighted by atomic mass is 9.81. The molecule has 4 rings (SSSR count). The minimum atomic E-state index is 0.318. The van der Waals surface area contributed by atoms with Crippen molar-refractivity contribution in [1.82, 2.24) is 4.90 Å². The van der Waals surface area contributed by atoms with E-state index in [1.54, 1.807) is 0 Å². The van der Waals surface area contributed by atoms with Crippen LogP contribution in [0.15, 0.2) is 54.6 Å². The molecule has 2 aromatic rings. The maximum absolute atomic E-state index is 2.66. The molecule has 2 aromatic carbocycles. The van der Waals surface area contributed by atoms with Gasteiger partial charge in [0.05, 0.1) is 0 Å². The number of hydrogen-bond acceptors (Lipinski definition) is 1. The Labute approximate surface area is 127 Å². The fourth-order valence-electron chi connectivity index (χ4n) is 4.49. The third-order valence-corrected chi connectivity index (χ3v) is 5.77. The SMILES string of the molecule is CN1[C@@H]2CCC[C@@]1(c1ccc(-c3ccccc3)cc1)CC2. The van der Waals surface area contributed by atoms with Crippen LogP contribution in [0, 0.1) is 0 Å². The van der Waals surface area contributed by atoms with Gasteiger partial charge in [-0.3, -0.25) is 4.90 Å². The highest BCUT2D eigenvalue weighted by molar-refractivity contribution is 5.63. The van der Waals surface area contributed by atoms with Crippen molar-refractivity contribution in [2.24, 2.45) is 0 Å². The molecule has 0 amide bonds. The first-order chi connectivity index (χ1) is 10.3. The maximum atomic E-state index is 2.66. The van der Waals surface area contributed by atoms with Gasteiger partial charge in [0.15, 0.2) is 0 Å². The summed E-state index contributed by atoms with van der Waals surface area (Å²) in [5.41, 5.74) is 4.47. The fraction of sp³-hybridized carbons (Fsp3) is 0.400. The highest BCUT2D eigenvalue weighted by Gasteiger charge is 2.47. The van der Waals surface area contributed by atoms with Crippen LogP contribution < -0.4 is 0 Å². The lowest BCUT2D eigenvalue weighted by molar-refractivity contribution is 0.0805. The van der Waals surface area contributed by atoms with Gasteiger partial charge in [-0.2, -0.15) is 0 Å². The van der Waals surface area contributed by atoms with Crippen molar-refractivity contribution in [3.05, 3.63) is 60.2 Å². The molecule has 2 heterocycles. The van der Waals surface area contributed by atoms with Crippen LogP contribution in [0.1, 0.15) is 37.7 Å². The third-order valence-electron chi connectivity index (χ3n) is 5.77. The largest absolute Gasteiger partial charge is 0.294 e. The summed E-state index contributed by atoms with van der Waals surface area (Å²) in [7, 11) is 2.34. The first kappa shape index (κ1) is 13.1. The zero-order valence-electron chi connectivity index (χ0n) is 12.8. The van der Waals surface area contributed by atoms with Crippen molar-refractivity contribution in [2.45, 2.75) is 43.7 Å². The second kappa shape index (κ2) is 4.99. The Bertz CT molecular complexity index is 612. The van der Waals surface area contributed by atoms with Crippen molar-refractivity contribution >= 4 is 0 Å². The average molecular weight is 277 g/mol. The molecule has 0 aromatic heterocycles. The summed E-state index contributed by atoms with van der Waals surface area (Å²) >= 11 is 0. The van der Waals surface area contributed by atoms with Crippen molar-refractivity contribution in [2.75, 3.05) is 7.05 Å². The Morgan fingerprint density at radius 3 is 2.33 bits per heavy atom. The topological polar surface area (TPSA) is 3.24 Å². The highest BCUT2D eigenvalue weighted by atomic mass is 15.2. The molecule has 21 heavy (non-hydrogen) atoms. The van der Waals surface area contributed by atoms with Crippen molar-refractivity contribution < 1.29 is 0 Å². The monoisotopic (exact) mass is 277 g/mol. The van der Waals surface area contributed by atoms with Gasteiger partial charge in [0.1, 0.15) is 0 Å². The summed E-state index contributed by atoms with van der Waals surface area (Å²) in [6, 6.07) is 20.8. The van der Waals surface area contributed by atoms with Gasteiger partial charge in [-0.1, -0.05) is 54.6 Å². The van der Waals surface area contributed by atoms with Crippen LogP contribution in [0.3, 0.4) is 0 Å². The molecule has 2 fully saturated rings. The molecule has 2 atom stereocenters. The molecular weight excluding hydrogens is 254 g/mol. The van der Waals surface area contributed by atoms with Gasteiger partial charge in [-0.15, -0.1) is 0 Å². The second-order valence-corrected chi connectivity index (χ2v) is 6.67. The fourth-order valence-corrected chi connectivity index (χ4v) is 4.49. The van der Waals surface area contributed by atoms with Gasteiger partial charge in [0.2, 0.25) is 0 Å². The van der Waals surface area contributed by atoms with E-state index in [1.165, 1.54) is 48.8 Å². The highest BCUT2D eigenvalue weighted by Crippen LogP contribution is 2.49. The van der Waals surface area contributed by atoms with Gasteiger partial charge in [-0.05, 0) is 55.8 Å². The zero-order valence-corrected chi connectivity index (χ0v) is 12.8. The van der Waals surface area contributed by atoms with Gasteiger partial charge in [0.25, 0.3) is 0 Å². The number of rotatable bonds is 2. The molecule has 2 bridgehead atoms. The van der Waals surface area contributed by atoms with E-state index in [0.717, 1.165) is 6.04 Å². The Morgan fingerprint density at radius 2 is 1.57 bits per heavy atom. The third kappa shape index (κ3) is 2.03. The lowest BCUT2D eigenvalue weighted by Crippen LogP contribution is -2.45. The summed E-state index contributed by atoms with van der Waals surface area (Å²) in [6.45, 7) is 0. The first-order valence-electron chi connectivity index (χ1n) is 8.18. The second-order valence-electron chi connectivity index (χ2n) is 6.67. The van der Waals surface area contributed by atoms with E-state index in [1.807, 2.05) is 0 Å². The number of piperidine rings is 1. The molecule has 1 heteroatoms. The maximum Gasteiger partial charge on any atom is 0.0461 e. The number of fused-ring (bicyclic) bond motifs is 2. The smallest absolute Gasteiger partial charge is 0.0461 e. The van der Waals surface area contributed by atoms with Gasteiger partial charge in [-0.25, -0.2) is 0 Å². The zero-order chi connectivity index (χ0) is 14.3. The van der Waals surface area contributed by atoms with E-state index in [4.69, 9.17) is 0 Å². The van der Waals surface area contributed by atoms with Crippen LogP contribution in [-0.2, 0) is 5.54 Å². The quantitative estimate of drug-likeness (QED) is 0.760. The molecule has 0 aliphatic carbocycles. The Morgan fingerprint density at radius 1 is 0.857 bits per heavy atom. The molecular formula is C20H23N. The molecule has 0 saturated carbocycles. The minimum absolute atomic E-state index is 0.318. The van der Waals surface area contributed by atoms with E-state index < -0.39 is 0 Å². The Hall–Kier alpha value is -1.60. The van der Waals surface area contributed by atoms with E-state index in [9.17, 15) is 0 Å². The molecule has 0 unspecified atom stereocenters.